The highest BCUT2D eigenvalue weighted by Crippen LogP contribution is 2.21. The van der Waals surface area contributed by atoms with Crippen LogP contribution >= 0.6 is 0 Å². The van der Waals surface area contributed by atoms with Crippen molar-refractivity contribution in [3.05, 3.63) is 0 Å². The number of rotatable bonds is 44. The topological polar surface area (TPSA) is 92.5 Å². The molecule has 0 saturated heterocycles. The first-order valence-electron chi connectivity index (χ1n) is 23.0. The second-order valence-corrected chi connectivity index (χ2v) is 19.2. The van der Waals surface area contributed by atoms with E-state index in [0.717, 1.165) is 25.9 Å². The molecular weight excluding hydrogens is 617 g/mol. The van der Waals surface area contributed by atoms with Crippen LogP contribution in [0.1, 0.15) is 257 Å². The molecule has 0 aliphatic rings. The van der Waals surface area contributed by atoms with Crippen molar-refractivity contribution >= 4 is 8.56 Å². The number of hydrogen-bond acceptors (Lipinski definition) is 4. The van der Waals surface area contributed by atoms with Crippen molar-refractivity contribution in [2.45, 2.75) is 269 Å². The van der Waals surface area contributed by atoms with Gasteiger partial charge in [-0.3, -0.25) is 0 Å². The fourth-order valence-corrected chi connectivity index (χ4v) is 9.48. The average Bonchev–Trinajstić information content (AvgIpc) is 3.09. The van der Waals surface area contributed by atoms with E-state index in [1.54, 1.807) is 0 Å². The first kappa shape index (κ1) is 49.1. The van der Waals surface area contributed by atoms with Crippen molar-refractivity contribution in [2.75, 3.05) is 13.1 Å². The van der Waals surface area contributed by atoms with Gasteiger partial charge in [0.25, 0.3) is 0 Å². The minimum atomic E-state index is -2.94. The molecule has 0 aromatic carbocycles. The van der Waals surface area contributed by atoms with Gasteiger partial charge < -0.3 is 21.1 Å². The predicted molar refractivity (Wildman–Crippen MR) is 223 cm³/mol. The van der Waals surface area contributed by atoms with Gasteiger partial charge in [-0.1, -0.05) is 244 Å². The molecule has 5 heteroatoms. The van der Waals surface area contributed by atoms with Crippen LogP contribution in [0.4, 0.5) is 0 Å². The van der Waals surface area contributed by atoms with Gasteiger partial charge in [-0.05, 0) is 38.0 Å². The first-order valence-corrected chi connectivity index (χ1v) is 25.3. The molecular formula is C44H94N2O2Si. The van der Waals surface area contributed by atoms with Crippen molar-refractivity contribution in [3.63, 3.8) is 0 Å². The lowest BCUT2D eigenvalue weighted by molar-refractivity contribution is 0.350. The van der Waals surface area contributed by atoms with Crippen LogP contribution in [0.5, 0.6) is 0 Å². The Morgan fingerprint density at radius 2 is 0.327 bits per heavy atom. The highest BCUT2D eigenvalue weighted by Gasteiger charge is 2.27. The van der Waals surface area contributed by atoms with Gasteiger partial charge in [-0.25, -0.2) is 0 Å². The van der Waals surface area contributed by atoms with Crippen molar-refractivity contribution < 1.29 is 9.59 Å². The second kappa shape index (κ2) is 42.5. The van der Waals surface area contributed by atoms with Crippen LogP contribution < -0.4 is 11.5 Å². The molecule has 0 aliphatic carbocycles. The van der Waals surface area contributed by atoms with Gasteiger partial charge in [0.15, 0.2) is 0 Å². The fourth-order valence-electron chi connectivity index (χ4n) is 7.59. The van der Waals surface area contributed by atoms with Crippen molar-refractivity contribution in [2.24, 2.45) is 11.5 Å². The minimum Gasteiger partial charge on any atom is -0.411 e. The van der Waals surface area contributed by atoms with Gasteiger partial charge in [0, 0.05) is 0 Å². The maximum Gasteiger partial charge on any atom is 0.332 e. The highest BCUT2D eigenvalue weighted by molar-refractivity contribution is 6.64. The lowest BCUT2D eigenvalue weighted by Gasteiger charge is -2.17. The summed E-state index contributed by atoms with van der Waals surface area (Å²) < 4.78 is 0. The molecule has 0 aromatic rings. The normalized spacial score (nSPS) is 12.0. The van der Waals surface area contributed by atoms with E-state index in [0.29, 0.717) is 12.1 Å². The molecule has 4 nitrogen and oxygen atoms in total. The summed E-state index contributed by atoms with van der Waals surface area (Å²) in [6.45, 7) is 1.72. The molecule has 0 spiro atoms. The quantitative estimate of drug-likeness (QED) is 0.0374. The van der Waals surface area contributed by atoms with E-state index in [4.69, 9.17) is 11.5 Å². The predicted octanol–water partition coefficient (Wildman–Crippen LogP) is 13.9. The van der Waals surface area contributed by atoms with Crippen LogP contribution in [0.3, 0.4) is 0 Å². The Bertz CT molecular complexity index is 543. The van der Waals surface area contributed by atoms with E-state index in [1.165, 1.54) is 244 Å². The number of unbranched alkanes of at least 4 members (excludes halogenated alkanes) is 38. The Morgan fingerprint density at radius 1 is 0.204 bits per heavy atom. The molecule has 0 amide bonds. The van der Waals surface area contributed by atoms with Crippen LogP contribution in [-0.4, -0.2) is 31.2 Å². The fraction of sp³-hybridized carbons (Fsp3) is 1.00. The van der Waals surface area contributed by atoms with Crippen LogP contribution in [0.15, 0.2) is 0 Å². The molecule has 0 heterocycles. The monoisotopic (exact) mass is 711 g/mol. The Balaban J connectivity index is 3.24. The molecule has 6 N–H and O–H groups in total. The van der Waals surface area contributed by atoms with Gasteiger partial charge in [0.2, 0.25) is 0 Å². The molecule has 0 saturated carbocycles. The SMILES string of the molecule is NCCCCCCCCCCCCCCCCCCCCCC[Si](O)(O)CCCCCCCCCCCCCCCCCCCCCCN. The van der Waals surface area contributed by atoms with Crippen LogP contribution in [-0.2, 0) is 0 Å². The van der Waals surface area contributed by atoms with Crippen molar-refractivity contribution in [1.29, 1.82) is 0 Å². The van der Waals surface area contributed by atoms with E-state index >= 15 is 0 Å². The highest BCUT2D eigenvalue weighted by atomic mass is 28.4. The van der Waals surface area contributed by atoms with E-state index in [2.05, 4.69) is 0 Å². The lowest BCUT2D eigenvalue weighted by Crippen LogP contribution is -2.33. The molecule has 0 fully saturated rings. The minimum absolute atomic E-state index is 0.693. The third-order valence-electron chi connectivity index (χ3n) is 11.1. The molecule has 0 radical (unpaired) electrons. The maximum absolute atomic E-state index is 10.5. The summed E-state index contributed by atoms with van der Waals surface area (Å²) >= 11 is 0. The Kier molecular flexibility index (Phi) is 42.5. The lowest BCUT2D eigenvalue weighted by atomic mass is 10.0. The smallest absolute Gasteiger partial charge is 0.332 e. The molecule has 0 unspecified atom stereocenters. The summed E-state index contributed by atoms with van der Waals surface area (Å²) in [5.41, 5.74) is 11.1. The standard InChI is InChI=1S/C44H94N2O2Si/c45-41-37-33-29-25-21-17-13-9-5-1-3-7-11-15-19-23-27-31-35-39-43-49(47,48)44-40-36-32-28-24-20-16-12-8-4-2-6-10-14-18-22-26-30-34-38-42-46/h47-48H,1-46H2. The molecule has 296 valence electrons. The van der Waals surface area contributed by atoms with Crippen LogP contribution in [0, 0.1) is 0 Å². The molecule has 0 atom stereocenters. The van der Waals surface area contributed by atoms with Crippen LogP contribution in [0.25, 0.3) is 0 Å². The Labute approximate surface area is 310 Å². The summed E-state index contributed by atoms with van der Waals surface area (Å²) in [5.74, 6) is 0. The zero-order valence-corrected chi connectivity index (χ0v) is 34.7. The third-order valence-corrected chi connectivity index (χ3v) is 13.4. The maximum atomic E-state index is 10.5. The largest absolute Gasteiger partial charge is 0.411 e. The zero-order valence-electron chi connectivity index (χ0n) is 33.7. The van der Waals surface area contributed by atoms with Gasteiger partial charge in [-0.15, -0.1) is 0 Å². The molecule has 0 bridgehead atoms. The summed E-state index contributed by atoms with van der Waals surface area (Å²) in [6, 6.07) is 1.39. The van der Waals surface area contributed by atoms with E-state index in [9.17, 15) is 9.59 Å². The molecule has 0 aromatic heterocycles. The van der Waals surface area contributed by atoms with Crippen molar-refractivity contribution in [1.82, 2.24) is 0 Å². The Morgan fingerprint density at radius 3 is 0.469 bits per heavy atom. The first-order chi connectivity index (χ1) is 24.1. The summed E-state index contributed by atoms with van der Waals surface area (Å²) in [7, 11) is -2.94. The molecule has 49 heavy (non-hydrogen) atoms. The molecule has 0 aliphatic heterocycles. The zero-order chi connectivity index (χ0) is 35.6. The van der Waals surface area contributed by atoms with Crippen molar-refractivity contribution in [3.8, 4) is 0 Å². The van der Waals surface area contributed by atoms with Gasteiger partial charge in [-0.2, -0.15) is 0 Å². The average molecular weight is 711 g/mol. The Hall–Kier alpha value is 0.0569. The third kappa shape index (κ3) is 44.1. The van der Waals surface area contributed by atoms with Gasteiger partial charge in [0.1, 0.15) is 0 Å². The summed E-state index contributed by atoms with van der Waals surface area (Å²) in [6.07, 6.45) is 54.4. The van der Waals surface area contributed by atoms with E-state index < -0.39 is 8.56 Å². The summed E-state index contributed by atoms with van der Waals surface area (Å²) in [5, 5.41) is 0. The number of nitrogens with two attached hydrogens (primary N) is 2. The van der Waals surface area contributed by atoms with E-state index in [-0.39, 0.29) is 0 Å². The second-order valence-electron chi connectivity index (χ2n) is 16.2. The van der Waals surface area contributed by atoms with Gasteiger partial charge in [0.05, 0.1) is 0 Å². The number of hydrogen-bond donors (Lipinski definition) is 4. The summed E-state index contributed by atoms with van der Waals surface area (Å²) in [4.78, 5) is 21.0. The van der Waals surface area contributed by atoms with E-state index in [1.807, 2.05) is 0 Å². The van der Waals surface area contributed by atoms with Crippen LogP contribution in [0.2, 0.25) is 12.1 Å². The van der Waals surface area contributed by atoms with Gasteiger partial charge >= 0.3 is 8.56 Å². The molecule has 0 rings (SSSR count).